The van der Waals surface area contributed by atoms with E-state index in [9.17, 15) is 24.0 Å². The lowest BCUT2D eigenvalue weighted by molar-refractivity contribution is -0.137. The van der Waals surface area contributed by atoms with E-state index in [-0.39, 0.29) is 29.3 Å². The molecule has 3 heterocycles. The van der Waals surface area contributed by atoms with Gasteiger partial charge in [-0.15, -0.1) is 0 Å². The Hall–Kier alpha value is -3.69. The smallest absolute Gasteiger partial charge is 0.303 e. The van der Waals surface area contributed by atoms with Gasteiger partial charge in [-0.1, -0.05) is 37.3 Å². The molecule has 0 unspecified atom stereocenters. The summed E-state index contributed by atoms with van der Waals surface area (Å²) in [6, 6.07) is 8.46. The van der Waals surface area contributed by atoms with Crippen LogP contribution in [-0.2, 0) is 16.1 Å². The summed E-state index contributed by atoms with van der Waals surface area (Å²) in [5, 5.41) is 18.7. The van der Waals surface area contributed by atoms with Gasteiger partial charge in [0.25, 0.3) is 11.5 Å². The van der Waals surface area contributed by atoms with Crippen LogP contribution in [0.25, 0.3) is 6.08 Å². The fourth-order valence-electron chi connectivity index (χ4n) is 5.29. The van der Waals surface area contributed by atoms with Crippen molar-refractivity contribution >= 4 is 57.8 Å². The lowest BCUT2D eigenvalue weighted by Crippen LogP contribution is -2.48. The molecule has 12 heteroatoms. The molecule has 2 saturated heterocycles. The van der Waals surface area contributed by atoms with Crippen LogP contribution in [0.15, 0.2) is 34.0 Å². The number of halogens is 1. The summed E-state index contributed by atoms with van der Waals surface area (Å²) in [6.07, 6.45) is 4.37. The molecule has 1 N–H and O–H groups in total. The number of carboxylic acids is 1. The Morgan fingerprint density at radius 3 is 2.38 bits per heavy atom. The van der Waals surface area contributed by atoms with E-state index in [0.29, 0.717) is 91.1 Å². The highest BCUT2D eigenvalue weighted by molar-refractivity contribution is 8.26. The fourth-order valence-corrected chi connectivity index (χ4v) is 6.58. The average molecular weight is 612 g/mol. The van der Waals surface area contributed by atoms with Crippen LogP contribution >= 0.6 is 24.0 Å². The zero-order valence-electron chi connectivity index (χ0n) is 23.8. The highest BCUT2D eigenvalue weighted by Crippen LogP contribution is 2.36. The van der Waals surface area contributed by atoms with Crippen LogP contribution in [-0.4, -0.2) is 63.5 Å². The second-order valence-corrected chi connectivity index (χ2v) is 12.0. The molecular weight excluding hydrogens is 577 g/mol. The van der Waals surface area contributed by atoms with Gasteiger partial charge in [0.15, 0.2) is 0 Å². The maximum absolute atomic E-state index is 13.5. The van der Waals surface area contributed by atoms with E-state index >= 15 is 0 Å². The Labute approximate surface area is 254 Å². The number of anilines is 2. The molecule has 2 aliphatic heterocycles. The summed E-state index contributed by atoms with van der Waals surface area (Å²) >= 11 is 6.70. The quantitative estimate of drug-likeness (QED) is 0.219. The first-order valence-corrected chi connectivity index (χ1v) is 15.3. The van der Waals surface area contributed by atoms with Gasteiger partial charge in [-0.3, -0.25) is 23.9 Å². The standard InChI is InChI=1S/C30H34FN5O4S2/c1-3-12-35-27(34-16-14-33(15-17-34)22-10-8-21(31)9-11-22)23(20(2)24(19-32)28(35)39)18-25-29(40)36(30(41)42-25)13-6-4-5-7-26(37)38/h8-11,18H,3-7,12-17H2,1-2H3,(H,37,38). The summed E-state index contributed by atoms with van der Waals surface area (Å²) in [5.74, 6) is -0.687. The minimum absolute atomic E-state index is 0.0531. The Balaban J connectivity index is 1.66. The van der Waals surface area contributed by atoms with Gasteiger partial charge < -0.3 is 14.9 Å². The van der Waals surface area contributed by atoms with E-state index in [1.807, 2.05) is 6.92 Å². The topological polar surface area (TPSA) is 110 Å². The summed E-state index contributed by atoms with van der Waals surface area (Å²) in [5.41, 5.74) is 1.79. The minimum atomic E-state index is -0.840. The summed E-state index contributed by atoms with van der Waals surface area (Å²) in [6.45, 7) is 6.99. The lowest BCUT2D eigenvalue weighted by atomic mass is 10.0. The summed E-state index contributed by atoms with van der Waals surface area (Å²) in [4.78, 5) is 43.9. The zero-order valence-corrected chi connectivity index (χ0v) is 25.4. The van der Waals surface area contributed by atoms with Crippen molar-refractivity contribution in [2.45, 2.75) is 52.5 Å². The molecular formula is C30H34FN5O4S2. The number of amides is 1. The number of aromatic nitrogens is 1. The third-order valence-corrected chi connectivity index (χ3v) is 8.86. The maximum Gasteiger partial charge on any atom is 0.303 e. The molecule has 42 heavy (non-hydrogen) atoms. The zero-order chi connectivity index (χ0) is 30.4. The third-order valence-electron chi connectivity index (χ3n) is 7.49. The molecule has 0 radical (unpaired) electrons. The van der Waals surface area contributed by atoms with Crippen LogP contribution in [0, 0.1) is 24.1 Å². The van der Waals surface area contributed by atoms with Gasteiger partial charge in [0, 0.05) is 56.9 Å². The van der Waals surface area contributed by atoms with Crippen LogP contribution < -0.4 is 15.4 Å². The second-order valence-electron chi connectivity index (χ2n) is 10.3. The maximum atomic E-state index is 13.5. The van der Waals surface area contributed by atoms with Crippen molar-refractivity contribution in [1.82, 2.24) is 9.47 Å². The van der Waals surface area contributed by atoms with Crippen molar-refractivity contribution < 1.29 is 19.1 Å². The van der Waals surface area contributed by atoms with E-state index in [0.717, 1.165) is 5.69 Å². The van der Waals surface area contributed by atoms with Crippen molar-refractivity contribution in [1.29, 1.82) is 5.26 Å². The van der Waals surface area contributed by atoms with Crippen LogP contribution in [0.1, 0.15) is 55.7 Å². The number of hydrogen-bond acceptors (Lipinski definition) is 8. The molecule has 1 amide bonds. The van der Waals surface area contributed by atoms with Crippen molar-refractivity contribution in [3.8, 4) is 6.07 Å². The number of carbonyl (C=O) groups excluding carboxylic acids is 1. The second kappa shape index (κ2) is 14.0. The fraction of sp³-hybridized carbons (Fsp3) is 0.433. The first kappa shape index (κ1) is 31.3. The molecule has 9 nitrogen and oxygen atoms in total. The van der Waals surface area contributed by atoms with Crippen LogP contribution in [0.3, 0.4) is 0 Å². The first-order chi connectivity index (χ1) is 20.2. The van der Waals surface area contributed by atoms with Crippen LogP contribution in [0.2, 0.25) is 0 Å². The SMILES string of the molecule is CCCn1c(N2CCN(c3ccc(F)cc3)CC2)c(C=C2SC(=S)N(CCCCCC(=O)O)C2=O)c(C)c(C#N)c1=O. The summed E-state index contributed by atoms with van der Waals surface area (Å²) < 4.78 is 15.5. The normalized spacial score (nSPS) is 16.4. The van der Waals surface area contributed by atoms with E-state index in [1.54, 1.807) is 29.7 Å². The molecule has 0 atom stereocenters. The Bertz CT molecular complexity index is 1490. The molecule has 222 valence electrons. The number of thiocarbonyl (C=S) groups is 1. The van der Waals surface area contributed by atoms with Gasteiger partial charge in [0.05, 0.1) is 4.91 Å². The number of nitriles is 1. The number of unbranched alkanes of at least 4 members (excludes halogenated alkanes) is 2. The van der Waals surface area contributed by atoms with Crippen molar-refractivity contribution in [3.05, 3.63) is 62.0 Å². The minimum Gasteiger partial charge on any atom is -0.481 e. The Morgan fingerprint density at radius 2 is 1.76 bits per heavy atom. The number of rotatable bonds is 11. The number of aliphatic carboxylic acids is 1. The molecule has 4 rings (SSSR count). The Morgan fingerprint density at radius 1 is 1.10 bits per heavy atom. The van der Waals surface area contributed by atoms with E-state index in [2.05, 4.69) is 15.9 Å². The number of pyridine rings is 1. The number of carboxylic acid groups (broad SMARTS) is 1. The number of hydrogen-bond donors (Lipinski definition) is 1. The molecule has 0 saturated carbocycles. The van der Waals surface area contributed by atoms with E-state index in [4.69, 9.17) is 17.3 Å². The molecule has 2 aromatic rings. The monoisotopic (exact) mass is 611 g/mol. The van der Waals surface area contributed by atoms with E-state index < -0.39 is 5.97 Å². The summed E-state index contributed by atoms with van der Waals surface area (Å²) in [7, 11) is 0. The highest BCUT2D eigenvalue weighted by Gasteiger charge is 2.33. The van der Waals surface area contributed by atoms with Gasteiger partial charge in [-0.2, -0.15) is 5.26 Å². The predicted octanol–water partition coefficient (Wildman–Crippen LogP) is 4.75. The number of benzene rings is 1. The van der Waals surface area contributed by atoms with Crippen molar-refractivity contribution in [3.63, 3.8) is 0 Å². The molecule has 0 bridgehead atoms. The number of nitrogens with zero attached hydrogens (tertiary/aromatic N) is 5. The van der Waals surface area contributed by atoms with Gasteiger partial charge in [-0.25, -0.2) is 4.39 Å². The van der Waals surface area contributed by atoms with Crippen molar-refractivity contribution in [2.24, 2.45) is 0 Å². The first-order valence-electron chi connectivity index (χ1n) is 14.1. The van der Waals surface area contributed by atoms with Crippen LogP contribution in [0.4, 0.5) is 15.9 Å². The van der Waals surface area contributed by atoms with Gasteiger partial charge in [0.2, 0.25) is 0 Å². The molecule has 2 fully saturated rings. The Kier molecular flexibility index (Phi) is 10.4. The number of piperazine rings is 1. The molecule has 0 aliphatic carbocycles. The molecule has 1 aromatic heterocycles. The van der Waals surface area contributed by atoms with Gasteiger partial charge in [-0.05, 0) is 62.1 Å². The third kappa shape index (κ3) is 6.85. The van der Waals surface area contributed by atoms with Gasteiger partial charge >= 0.3 is 5.97 Å². The van der Waals surface area contributed by atoms with Gasteiger partial charge in [0.1, 0.15) is 27.6 Å². The predicted molar refractivity (Wildman–Crippen MR) is 167 cm³/mol. The molecule has 2 aliphatic rings. The number of thioether (sulfide) groups is 1. The molecule has 0 spiro atoms. The van der Waals surface area contributed by atoms with Crippen molar-refractivity contribution in [2.75, 3.05) is 42.5 Å². The van der Waals surface area contributed by atoms with Crippen LogP contribution in [0.5, 0.6) is 0 Å². The molecule has 1 aromatic carbocycles. The lowest BCUT2D eigenvalue weighted by Gasteiger charge is -2.39. The van der Waals surface area contributed by atoms with E-state index in [1.165, 1.54) is 28.8 Å². The highest BCUT2D eigenvalue weighted by atomic mass is 32.2. The number of carbonyl (C=O) groups is 2. The average Bonchev–Trinajstić information content (AvgIpc) is 3.23. The largest absolute Gasteiger partial charge is 0.481 e.